The third kappa shape index (κ3) is 8.84. The van der Waals surface area contributed by atoms with Crippen LogP contribution in [0.15, 0.2) is 12.2 Å². The molecule has 0 fully saturated rings. The first-order valence-corrected chi connectivity index (χ1v) is 1.77. The quantitative estimate of drug-likeness (QED) is 0.480. The Labute approximate surface area is 52.4 Å². The van der Waals surface area contributed by atoms with Crippen LogP contribution in [0.3, 0.4) is 0 Å². The molecule has 0 aromatic carbocycles. The van der Waals surface area contributed by atoms with Crippen LogP contribution in [0, 0.1) is 6.92 Å². The number of rotatable bonds is 1. The number of hydrogen-bond acceptors (Lipinski definition) is 0. The second-order valence-electron chi connectivity index (χ2n) is 1.10. The van der Waals surface area contributed by atoms with Crippen molar-refractivity contribution in [3.05, 3.63) is 19.1 Å². The van der Waals surface area contributed by atoms with E-state index < -0.39 is 0 Å². The summed E-state index contributed by atoms with van der Waals surface area (Å²) in [5, 5.41) is 0. The average Bonchev–Trinajstić information content (AvgIpc) is 1.38. The Morgan fingerprint density at radius 3 is 1.83 bits per heavy atom. The summed E-state index contributed by atoms with van der Waals surface area (Å²) >= 11 is 0. The molecule has 0 saturated heterocycles. The van der Waals surface area contributed by atoms with Gasteiger partial charge in [0.25, 0.3) is 0 Å². The first-order chi connectivity index (χ1) is 2.27. The van der Waals surface area contributed by atoms with Crippen molar-refractivity contribution in [1.29, 1.82) is 0 Å². The second-order valence-corrected chi connectivity index (χ2v) is 1.10. The van der Waals surface area contributed by atoms with Gasteiger partial charge in [0.1, 0.15) is 0 Å². The van der Waals surface area contributed by atoms with Gasteiger partial charge >= 0.3 is 0 Å². The molecule has 0 saturated carbocycles. The van der Waals surface area contributed by atoms with Crippen molar-refractivity contribution in [3.63, 3.8) is 0 Å². The van der Waals surface area contributed by atoms with Crippen molar-refractivity contribution in [3.8, 4) is 0 Å². The Bertz CT molecular complexity index is 39.2. The molecule has 0 atom stereocenters. The topological polar surface area (TPSA) is 0 Å². The van der Waals surface area contributed by atoms with Crippen molar-refractivity contribution in [1.82, 2.24) is 0 Å². The van der Waals surface area contributed by atoms with Gasteiger partial charge in [-0.2, -0.15) is 0 Å². The zero-order chi connectivity index (χ0) is 4.28. The van der Waals surface area contributed by atoms with Crippen molar-refractivity contribution in [2.45, 2.75) is 13.3 Å². The maximum Gasteiger partial charge on any atom is 0 e. The summed E-state index contributed by atoms with van der Waals surface area (Å²) in [6.07, 6.45) is 1.00. The molecule has 1 radical (unpaired) electrons. The van der Waals surface area contributed by atoms with E-state index in [4.69, 9.17) is 0 Å². The minimum absolute atomic E-state index is 0. The predicted octanol–water partition coefficient (Wildman–Crippen LogP) is 1.78. The van der Waals surface area contributed by atoms with Crippen LogP contribution in [0.2, 0.25) is 0 Å². The van der Waals surface area contributed by atoms with E-state index in [0.717, 1.165) is 12.0 Å². The summed E-state index contributed by atoms with van der Waals surface area (Å²) in [7, 11) is 0. The van der Waals surface area contributed by atoms with Crippen molar-refractivity contribution in [2.24, 2.45) is 0 Å². The minimum Gasteiger partial charge on any atom is -0.0999 e. The molecule has 6 heavy (non-hydrogen) atoms. The van der Waals surface area contributed by atoms with Gasteiger partial charge < -0.3 is 0 Å². The standard InChI is InChI=1S/C5H9.Zn/c1-4-5(2)3;/h2-4H2,1H3;. The van der Waals surface area contributed by atoms with Gasteiger partial charge in [-0.1, -0.05) is 19.1 Å². The van der Waals surface area contributed by atoms with Gasteiger partial charge in [-0.3, -0.25) is 0 Å². The van der Waals surface area contributed by atoms with Crippen molar-refractivity contribution in [2.75, 3.05) is 0 Å². The van der Waals surface area contributed by atoms with Crippen LogP contribution in [0.1, 0.15) is 13.3 Å². The molecule has 0 bridgehead atoms. The monoisotopic (exact) mass is 133 g/mol. The van der Waals surface area contributed by atoms with Crippen LogP contribution in [0.25, 0.3) is 0 Å². The third-order valence-corrected chi connectivity index (χ3v) is 0.500. The van der Waals surface area contributed by atoms with E-state index in [2.05, 4.69) is 13.5 Å². The first kappa shape index (κ1) is 9.61. The molecular weight excluding hydrogens is 125 g/mol. The van der Waals surface area contributed by atoms with E-state index in [1.807, 2.05) is 6.92 Å². The van der Waals surface area contributed by atoms with Crippen LogP contribution in [-0.4, -0.2) is 0 Å². The second kappa shape index (κ2) is 5.36. The Morgan fingerprint density at radius 1 is 1.67 bits per heavy atom. The smallest absolute Gasteiger partial charge is 0 e. The Morgan fingerprint density at radius 2 is 1.83 bits per heavy atom. The Kier molecular flexibility index (Phi) is 8.59. The fourth-order valence-corrected chi connectivity index (χ4v) is 0. The van der Waals surface area contributed by atoms with E-state index in [-0.39, 0.29) is 19.5 Å². The summed E-state index contributed by atoms with van der Waals surface area (Å²) in [4.78, 5) is 0. The molecule has 0 heterocycles. The maximum atomic E-state index is 3.56. The summed E-state index contributed by atoms with van der Waals surface area (Å²) in [5.74, 6) is 0. The summed E-state index contributed by atoms with van der Waals surface area (Å²) < 4.78 is 0. The fourth-order valence-electron chi connectivity index (χ4n) is 0. The van der Waals surface area contributed by atoms with Gasteiger partial charge in [-0.25, -0.2) is 0 Å². The molecule has 0 aromatic rings. The van der Waals surface area contributed by atoms with Crippen molar-refractivity contribution >= 4 is 0 Å². The molecule has 0 amide bonds. The SMILES string of the molecule is [CH2]C(=C)CC.[Zn]. The summed E-state index contributed by atoms with van der Waals surface area (Å²) in [6.45, 7) is 9.16. The molecule has 0 aliphatic rings. The van der Waals surface area contributed by atoms with E-state index in [0.29, 0.717) is 0 Å². The van der Waals surface area contributed by atoms with E-state index >= 15 is 0 Å². The minimum atomic E-state index is 0. The number of allylic oxidation sites excluding steroid dienone is 1. The molecule has 0 spiro atoms. The summed E-state index contributed by atoms with van der Waals surface area (Å²) in [5.41, 5.74) is 1.00. The molecule has 0 N–H and O–H groups in total. The zero-order valence-electron chi connectivity index (χ0n) is 4.33. The van der Waals surface area contributed by atoms with Crippen LogP contribution in [0.4, 0.5) is 0 Å². The van der Waals surface area contributed by atoms with Gasteiger partial charge in [-0.15, -0.1) is 0 Å². The van der Waals surface area contributed by atoms with E-state index in [1.54, 1.807) is 0 Å². The van der Waals surface area contributed by atoms with Gasteiger partial charge in [0.05, 0.1) is 0 Å². The zero-order valence-corrected chi connectivity index (χ0v) is 7.30. The van der Waals surface area contributed by atoms with Gasteiger partial charge in [0.15, 0.2) is 0 Å². The normalized spacial score (nSPS) is 6.33. The molecule has 0 aliphatic carbocycles. The summed E-state index contributed by atoms with van der Waals surface area (Å²) in [6, 6.07) is 0. The number of hydrogen-bond donors (Lipinski definition) is 0. The molecule has 0 unspecified atom stereocenters. The molecule has 31 valence electrons. The fraction of sp³-hybridized carbons (Fsp3) is 0.400. The Hall–Kier alpha value is 0.363. The van der Waals surface area contributed by atoms with Crippen LogP contribution in [-0.2, 0) is 19.5 Å². The van der Waals surface area contributed by atoms with Crippen molar-refractivity contribution < 1.29 is 19.5 Å². The van der Waals surface area contributed by atoms with E-state index in [1.165, 1.54) is 0 Å². The Balaban J connectivity index is 0. The van der Waals surface area contributed by atoms with Gasteiger partial charge in [0.2, 0.25) is 0 Å². The first-order valence-electron chi connectivity index (χ1n) is 1.77. The third-order valence-electron chi connectivity index (χ3n) is 0.500. The molecular formula is C5H9Zn. The van der Waals surface area contributed by atoms with Gasteiger partial charge in [-0.05, 0) is 13.3 Å². The van der Waals surface area contributed by atoms with Crippen LogP contribution in [0.5, 0.6) is 0 Å². The molecule has 0 aliphatic heterocycles. The molecule has 0 nitrogen and oxygen atoms in total. The largest absolute Gasteiger partial charge is 0.0999 e. The van der Waals surface area contributed by atoms with E-state index in [9.17, 15) is 0 Å². The molecule has 0 rings (SSSR count). The predicted molar refractivity (Wildman–Crippen MR) is 24.8 cm³/mol. The van der Waals surface area contributed by atoms with Gasteiger partial charge in [0, 0.05) is 19.5 Å². The molecule has 0 aromatic heterocycles. The van der Waals surface area contributed by atoms with Crippen LogP contribution >= 0.6 is 0 Å². The van der Waals surface area contributed by atoms with Crippen LogP contribution < -0.4 is 0 Å². The maximum absolute atomic E-state index is 3.56. The molecule has 1 heteroatoms. The average molecular weight is 135 g/mol.